The molecule has 0 saturated heterocycles. The highest BCUT2D eigenvalue weighted by Gasteiger charge is 2.21. The second kappa shape index (κ2) is 4.66. The molecule has 0 bridgehead atoms. The fourth-order valence-electron chi connectivity index (χ4n) is 1.97. The topological polar surface area (TPSA) is 20.2 Å². The Labute approximate surface area is 113 Å². The van der Waals surface area contributed by atoms with E-state index in [0.29, 0.717) is 5.02 Å². The first-order valence-corrected chi connectivity index (χ1v) is 6.36. The van der Waals surface area contributed by atoms with Crippen LogP contribution in [0.3, 0.4) is 0 Å². The highest BCUT2D eigenvalue weighted by Crippen LogP contribution is 2.39. The molecule has 0 saturated carbocycles. The highest BCUT2D eigenvalue weighted by atomic mass is 35.5. The van der Waals surface area contributed by atoms with Crippen LogP contribution in [0.2, 0.25) is 5.02 Å². The first kappa shape index (κ1) is 13.0. The lowest BCUT2D eigenvalue weighted by Gasteiger charge is -2.22. The predicted octanol–water partition coefficient (Wildman–Crippen LogP) is 5.01. The third-order valence-electron chi connectivity index (χ3n) is 2.98. The maximum Gasteiger partial charge on any atom is 0.137 e. The zero-order valence-electron chi connectivity index (χ0n) is 10.9. The summed E-state index contributed by atoms with van der Waals surface area (Å²) in [6, 6.07) is 13.9. The molecule has 2 rings (SSSR count). The third kappa shape index (κ3) is 2.51. The molecule has 0 amide bonds. The molecular formula is C16H17ClO. The molecule has 1 N–H and O–H groups in total. The van der Waals surface area contributed by atoms with Gasteiger partial charge in [0.25, 0.3) is 0 Å². The van der Waals surface area contributed by atoms with E-state index in [9.17, 15) is 5.11 Å². The van der Waals surface area contributed by atoms with E-state index in [1.807, 2.05) is 42.5 Å². The van der Waals surface area contributed by atoms with E-state index in [2.05, 4.69) is 20.8 Å². The molecule has 0 aromatic heterocycles. The standard InChI is InChI=1S/C16H17ClO/c1-16(2,3)13-9-12(10-14(17)15(13)18)11-7-5-4-6-8-11/h4-10,18H,1-3H3. The largest absolute Gasteiger partial charge is 0.506 e. The van der Waals surface area contributed by atoms with Crippen LogP contribution in [0, 0.1) is 0 Å². The normalized spacial score (nSPS) is 11.6. The smallest absolute Gasteiger partial charge is 0.137 e. The Balaban J connectivity index is 2.62. The number of phenols is 1. The molecule has 2 heteroatoms. The van der Waals surface area contributed by atoms with Gasteiger partial charge in [-0.1, -0.05) is 62.7 Å². The van der Waals surface area contributed by atoms with Crippen LogP contribution in [-0.2, 0) is 5.41 Å². The van der Waals surface area contributed by atoms with Crippen molar-refractivity contribution in [2.24, 2.45) is 0 Å². The zero-order valence-corrected chi connectivity index (χ0v) is 11.6. The number of halogens is 1. The first-order chi connectivity index (χ1) is 8.39. The molecule has 0 spiro atoms. The van der Waals surface area contributed by atoms with Gasteiger partial charge in [-0.05, 0) is 28.7 Å². The molecule has 94 valence electrons. The van der Waals surface area contributed by atoms with Gasteiger partial charge in [-0.15, -0.1) is 0 Å². The lowest BCUT2D eigenvalue weighted by Crippen LogP contribution is -2.11. The van der Waals surface area contributed by atoms with Gasteiger partial charge in [-0.25, -0.2) is 0 Å². The van der Waals surface area contributed by atoms with Gasteiger partial charge < -0.3 is 5.11 Å². The van der Waals surface area contributed by atoms with Crippen LogP contribution in [0.4, 0.5) is 0 Å². The SMILES string of the molecule is CC(C)(C)c1cc(-c2ccccc2)cc(Cl)c1O. The van der Waals surface area contributed by atoms with Crippen LogP contribution < -0.4 is 0 Å². The van der Waals surface area contributed by atoms with Gasteiger partial charge >= 0.3 is 0 Å². The molecule has 0 radical (unpaired) electrons. The van der Waals surface area contributed by atoms with Crippen LogP contribution in [0.15, 0.2) is 42.5 Å². The summed E-state index contributed by atoms with van der Waals surface area (Å²) < 4.78 is 0. The van der Waals surface area contributed by atoms with E-state index < -0.39 is 0 Å². The maximum atomic E-state index is 10.1. The Bertz CT molecular complexity index is 553. The van der Waals surface area contributed by atoms with E-state index in [1.165, 1.54) is 0 Å². The van der Waals surface area contributed by atoms with Crippen LogP contribution in [-0.4, -0.2) is 5.11 Å². The van der Waals surface area contributed by atoms with Crippen LogP contribution in [0.25, 0.3) is 11.1 Å². The van der Waals surface area contributed by atoms with E-state index in [0.717, 1.165) is 16.7 Å². The Morgan fingerprint density at radius 2 is 1.56 bits per heavy atom. The average molecular weight is 261 g/mol. The van der Waals surface area contributed by atoms with Gasteiger partial charge in [0.1, 0.15) is 5.75 Å². The van der Waals surface area contributed by atoms with Gasteiger partial charge in [0.05, 0.1) is 5.02 Å². The number of rotatable bonds is 1. The predicted molar refractivity (Wildman–Crippen MR) is 77.3 cm³/mol. The van der Waals surface area contributed by atoms with Gasteiger partial charge in [0.15, 0.2) is 0 Å². The van der Waals surface area contributed by atoms with Crippen molar-refractivity contribution in [2.45, 2.75) is 26.2 Å². The van der Waals surface area contributed by atoms with Crippen molar-refractivity contribution in [3.8, 4) is 16.9 Å². The number of benzene rings is 2. The average Bonchev–Trinajstić information content (AvgIpc) is 2.32. The minimum Gasteiger partial charge on any atom is -0.506 e. The van der Waals surface area contributed by atoms with E-state index in [4.69, 9.17) is 11.6 Å². The molecule has 2 aromatic carbocycles. The molecule has 2 aromatic rings. The fraction of sp³-hybridized carbons (Fsp3) is 0.250. The van der Waals surface area contributed by atoms with Gasteiger partial charge in [-0.2, -0.15) is 0 Å². The lowest BCUT2D eigenvalue weighted by molar-refractivity contribution is 0.447. The molecule has 18 heavy (non-hydrogen) atoms. The number of phenolic OH excluding ortho intramolecular Hbond substituents is 1. The summed E-state index contributed by atoms with van der Waals surface area (Å²) in [7, 11) is 0. The van der Waals surface area contributed by atoms with Crippen LogP contribution in [0.1, 0.15) is 26.3 Å². The van der Waals surface area contributed by atoms with Gasteiger partial charge in [0, 0.05) is 5.56 Å². The van der Waals surface area contributed by atoms with E-state index >= 15 is 0 Å². The van der Waals surface area contributed by atoms with Crippen molar-refractivity contribution < 1.29 is 5.11 Å². The van der Waals surface area contributed by atoms with Crippen LogP contribution in [0.5, 0.6) is 5.75 Å². The van der Waals surface area contributed by atoms with Gasteiger partial charge in [0.2, 0.25) is 0 Å². The van der Waals surface area contributed by atoms with Crippen molar-refractivity contribution >= 4 is 11.6 Å². The monoisotopic (exact) mass is 260 g/mol. The molecule has 0 heterocycles. The molecule has 0 unspecified atom stereocenters. The Hall–Kier alpha value is -1.47. The Kier molecular flexibility index (Phi) is 3.36. The molecule has 0 fully saturated rings. The van der Waals surface area contributed by atoms with Crippen LogP contribution >= 0.6 is 11.6 Å². The molecule has 0 aliphatic heterocycles. The van der Waals surface area contributed by atoms with Crippen molar-refractivity contribution in [1.29, 1.82) is 0 Å². The molecule has 1 nitrogen and oxygen atoms in total. The van der Waals surface area contributed by atoms with E-state index in [1.54, 1.807) is 0 Å². The summed E-state index contributed by atoms with van der Waals surface area (Å²) in [4.78, 5) is 0. The Morgan fingerprint density at radius 1 is 0.944 bits per heavy atom. The third-order valence-corrected chi connectivity index (χ3v) is 3.27. The fourth-order valence-corrected chi connectivity index (χ4v) is 2.19. The van der Waals surface area contributed by atoms with Crippen molar-refractivity contribution in [2.75, 3.05) is 0 Å². The number of aromatic hydroxyl groups is 1. The zero-order chi connectivity index (χ0) is 13.3. The first-order valence-electron chi connectivity index (χ1n) is 5.98. The van der Waals surface area contributed by atoms with E-state index in [-0.39, 0.29) is 11.2 Å². The van der Waals surface area contributed by atoms with Crippen molar-refractivity contribution in [3.63, 3.8) is 0 Å². The van der Waals surface area contributed by atoms with Crippen molar-refractivity contribution in [3.05, 3.63) is 53.1 Å². The molecule has 0 aliphatic carbocycles. The summed E-state index contributed by atoms with van der Waals surface area (Å²) in [5.74, 6) is 0.184. The minimum absolute atomic E-state index is 0.140. The second-order valence-corrected chi connectivity index (χ2v) is 5.88. The number of hydrogen-bond acceptors (Lipinski definition) is 1. The molecular weight excluding hydrogens is 244 g/mol. The number of hydrogen-bond donors (Lipinski definition) is 1. The van der Waals surface area contributed by atoms with Crippen molar-refractivity contribution in [1.82, 2.24) is 0 Å². The summed E-state index contributed by atoms with van der Waals surface area (Å²) in [6.45, 7) is 6.19. The summed E-state index contributed by atoms with van der Waals surface area (Å²) in [5.41, 5.74) is 2.86. The Morgan fingerprint density at radius 3 is 2.11 bits per heavy atom. The second-order valence-electron chi connectivity index (χ2n) is 5.47. The quantitative estimate of drug-likeness (QED) is 0.764. The lowest BCUT2D eigenvalue weighted by atomic mass is 9.84. The minimum atomic E-state index is -0.140. The molecule has 0 atom stereocenters. The summed E-state index contributed by atoms with van der Waals surface area (Å²) in [5, 5.41) is 10.5. The summed E-state index contributed by atoms with van der Waals surface area (Å²) >= 11 is 6.12. The molecule has 0 aliphatic rings. The maximum absolute atomic E-state index is 10.1. The summed E-state index contributed by atoms with van der Waals surface area (Å²) in [6.07, 6.45) is 0. The van der Waals surface area contributed by atoms with Gasteiger partial charge in [-0.3, -0.25) is 0 Å². The highest BCUT2D eigenvalue weighted by molar-refractivity contribution is 6.32.